The number of carboxylic acids is 1. The molecule has 2 N–H and O–H groups in total. The first-order valence-corrected chi connectivity index (χ1v) is 5.85. The Hall–Kier alpha value is -1.62. The van der Waals surface area contributed by atoms with Crippen LogP contribution in [0.3, 0.4) is 0 Å². The van der Waals surface area contributed by atoms with Crippen molar-refractivity contribution in [2.45, 2.75) is 31.9 Å². The highest BCUT2D eigenvalue weighted by molar-refractivity contribution is 5.88. The summed E-state index contributed by atoms with van der Waals surface area (Å²) in [6.07, 6.45) is 0.857. The van der Waals surface area contributed by atoms with Crippen LogP contribution < -0.4 is 5.32 Å². The van der Waals surface area contributed by atoms with Crippen LogP contribution in [0.4, 0.5) is 10.1 Å². The summed E-state index contributed by atoms with van der Waals surface area (Å²) in [5.74, 6) is -1.99. The minimum absolute atomic E-state index is 0.0275. The number of halogens is 1. The Morgan fingerprint density at radius 2 is 2.33 bits per heavy atom. The van der Waals surface area contributed by atoms with E-state index in [1.54, 1.807) is 6.07 Å². The standard InChI is InChI=1S/C13H16FNO3/c1-8-13(2,5-6-18-8)15-9-3-4-10(12(16)17)11(14)7-9/h3-4,7-8,15H,5-6H2,1-2H3,(H,16,17). The van der Waals surface area contributed by atoms with Crippen molar-refractivity contribution >= 4 is 11.7 Å². The molecule has 0 amide bonds. The van der Waals surface area contributed by atoms with E-state index in [0.717, 1.165) is 6.42 Å². The Kier molecular flexibility index (Phi) is 3.26. The number of ether oxygens (including phenoxy) is 1. The molecule has 0 aromatic heterocycles. The molecule has 1 fully saturated rings. The molecule has 0 bridgehead atoms. The van der Waals surface area contributed by atoms with E-state index in [4.69, 9.17) is 9.84 Å². The number of carboxylic acid groups (broad SMARTS) is 1. The fourth-order valence-corrected chi connectivity index (χ4v) is 2.10. The molecule has 1 aromatic rings. The average Bonchev–Trinajstić information content (AvgIpc) is 2.58. The molecule has 0 radical (unpaired) electrons. The quantitative estimate of drug-likeness (QED) is 0.869. The Morgan fingerprint density at radius 3 is 2.83 bits per heavy atom. The zero-order valence-electron chi connectivity index (χ0n) is 10.4. The van der Waals surface area contributed by atoms with Crippen LogP contribution in [-0.2, 0) is 4.74 Å². The molecule has 4 nitrogen and oxygen atoms in total. The first kappa shape index (κ1) is 12.8. The smallest absolute Gasteiger partial charge is 0.338 e. The summed E-state index contributed by atoms with van der Waals surface area (Å²) >= 11 is 0. The Morgan fingerprint density at radius 1 is 1.61 bits per heavy atom. The molecule has 2 rings (SSSR count). The molecule has 5 heteroatoms. The van der Waals surface area contributed by atoms with Crippen molar-refractivity contribution < 1.29 is 19.0 Å². The average molecular weight is 253 g/mol. The molecule has 0 spiro atoms. The number of hydrogen-bond donors (Lipinski definition) is 2. The summed E-state index contributed by atoms with van der Waals surface area (Å²) in [6.45, 7) is 4.63. The number of aromatic carboxylic acids is 1. The topological polar surface area (TPSA) is 58.6 Å². The van der Waals surface area contributed by atoms with Crippen LogP contribution >= 0.6 is 0 Å². The number of rotatable bonds is 3. The summed E-state index contributed by atoms with van der Waals surface area (Å²) in [4.78, 5) is 10.7. The largest absolute Gasteiger partial charge is 0.478 e. The molecule has 1 aliphatic rings. The van der Waals surface area contributed by atoms with Crippen LogP contribution in [0.5, 0.6) is 0 Å². The Bertz CT molecular complexity index is 477. The summed E-state index contributed by atoms with van der Waals surface area (Å²) in [7, 11) is 0. The van der Waals surface area contributed by atoms with Gasteiger partial charge in [0.2, 0.25) is 0 Å². The minimum Gasteiger partial charge on any atom is -0.478 e. The van der Waals surface area contributed by atoms with E-state index >= 15 is 0 Å². The first-order chi connectivity index (χ1) is 8.42. The lowest BCUT2D eigenvalue weighted by Crippen LogP contribution is -2.41. The number of hydrogen-bond acceptors (Lipinski definition) is 3. The third-order valence-corrected chi connectivity index (χ3v) is 3.52. The fraction of sp³-hybridized carbons (Fsp3) is 0.462. The molecular formula is C13H16FNO3. The normalized spacial score (nSPS) is 27.2. The predicted molar refractivity (Wildman–Crippen MR) is 65.4 cm³/mol. The molecular weight excluding hydrogens is 237 g/mol. The fourth-order valence-electron chi connectivity index (χ4n) is 2.10. The molecule has 2 unspecified atom stereocenters. The van der Waals surface area contributed by atoms with Gasteiger partial charge in [0.15, 0.2) is 0 Å². The second kappa shape index (κ2) is 4.57. The van der Waals surface area contributed by atoms with Gasteiger partial charge < -0.3 is 15.2 Å². The number of benzene rings is 1. The summed E-state index contributed by atoms with van der Waals surface area (Å²) < 4.78 is 19.0. The maximum Gasteiger partial charge on any atom is 0.338 e. The van der Waals surface area contributed by atoms with Gasteiger partial charge in [-0.05, 0) is 38.5 Å². The van der Waals surface area contributed by atoms with Gasteiger partial charge in [-0.2, -0.15) is 0 Å². The van der Waals surface area contributed by atoms with Crippen molar-refractivity contribution in [2.24, 2.45) is 0 Å². The van der Waals surface area contributed by atoms with Crippen molar-refractivity contribution in [3.63, 3.8) is 0 Å². The molecule has 1 aliphatic heterocycles. The Balaban J connectivity index is 2.20. The molecule has 1 heterocycles. The number of anilines is 1. The third kappa shape index (κ3) is 2.31. The van der Waals surface area contributed by atoms with Gasteiger partial charge in [0, 0.05) is 12.3 Å². The third-order valence-electron chi connectivity index (χ3n) is 3.52. The van der Waals surface area contributed by atoms with Crippen LogP contribution in [-0.4, -0.2) is 29.3 Å². The minimum atomic E-state index is -1.26. The molecule has 98 valence electrons. The van der Waals surface area contributed by atoms with Crippen molar-refractivity contribution in [1.29, 1.82) is 0 Å². The maximum absolute atomic E-state index is 13.5. The molecule has 1 aromatic carbocycles. The van der Waals surface area contributed by atoms with Gasteiger partial charge in [0.1, 0.15) is 5.82 Å². The van der Waals surface area contributed by atoms with Gasteiger partial charge in [0.05, 0.1) is 17.2 Å². The summed E-state index contributed by atoms with van der Waals surface area (Å²) in [6, 6.07) is 4.05. The van der Waals surface area contributed by atoms with E-state index in [9.17, 15) is 9.18 Å². The van der Waals surface area contributed by atoms with E-state index in [1.807, 2.05) is 13.8 Å². The van der Waals surface area contributed by atoms with Crippen molar-refractivity contribution in [1.82, 2.24) is 0 Å². The van der Waals surface area contributed by atoms with Crippen LogP contribution in [0.1, 0.15) is 30.6 Å². The highest BCUT2D eigenvalue weighted by Crippen LogP contribution is 2.30. The van der Waals surface area contributed by atoms with Crippen LogP contribution in [0.25, 0.3) is 0 Å². The van der Waals surface area contributed by atoms with Crippen LogP contribution in [0.15, 0.2) is 18.2 Å². The van der Waals surface area contributed by atoms with E-state index in [0.29, 0.717) is 12.3 Å². The monoisotopic (exact) mass is 253 g/mol. The van der Waals surface area contributed by atoms with Crippen molar-refractivity contribution in [3.8, 4) is 0 Å². The lowest BCUT2D eigenvalue weighted by atomic mass is 9.94. The second-order valence-corrected chi connectivity index (χ2v) is 4.81. The van der Waals surface area contributed by atoms with Gasteiger partial charge in [-0.3, -0.25) is 0 Å². The SMILES string of the molecule is CC1OCCC1(C)Nc1ccc(C(=O)O)c(F)c1. The van der Waals surface area contributed by atoms with E-state index in [-0.39, 0.29) is 17.2 Å². The van der Waals surface area contributed by atoms with Gasteiger partial charge in [0.25, 0.3) is 0 Å². The predicted octanol–water partition coefficient (Wildman–Crippen LogP) is 2.50. The lowest BCUT2D eigenvalue weighted by molar-refractivity contribution is 0.0692. The summed E-state index contributed by atoms with van der Waals surface area (Å²) in [5, 5.41) is 12.0. The Labute approximate surface area is 105 Å². The lowest BCUT2D eigenvalue weighted by Gasteiger charge is -2.30. The number of nitrogens with one attached hydrogen (secondary N) is 1. The van der Waals surface area contributed by atoms with Gasteiger partial charge >= 0.3 is 5.97 Å². The van der Waals surface area contributed by atoms with E-state index in [1.165, 1.54) is 12.1 Å². The molecule has 0 aliphatic carbocycles. The zero-order chi connectivity index (χ0) is 13.3. The van der Waals surface area contributed by atoms with Gasteiger partial charge in [-0.1, -0.05) is 0 Å². The second-order valence-electron chi connectivity index (χ2n) is 4.81. The van der Waals surface area contributed by atoms with Gasteiger partial charge in [-0.15, -0.1) is 0 Å². The van der Waals surface area contributed by atoms with Crippen molar-refractivity contribution in [2.75, 3.05) is 11.9 Å². The maximum atomic E-state index is 13.5. The zero-order valence-corrected chi connectivity index (χ0v) is 10.4. The molecule has 18 heavy (non-hydrogen) atoms. The van der Waals surface area contributed by atoms with Crippen LogP contribution in [0, 0.1) is 5.82 Å². The van der Waals surface area contributed by atoms with Crippen molar-refractivity contribution in [3.05, 3.63) is 29.6 Å². The van der Waals surface area contributed by atoms with Crippen LogP contribution in [0.2, 0.25) is 0 Å². The molecule has 2 atom stereocenters. The molecule has 1 saturated heterocycles. The first-order valence-electron chi connectivity index (χ1n) is 5.85. The highest BCUT2D eigenvalue weighted by Gasteiger charge is 2.36. The summed E-state index contributed by atoms with van der Waals surface area (Å²) in [5.41, 5.74) is -0.00393. The highest BCUT2D eigenvalue weighted by atomic mass is 19.1. The van der Waals surface area contributed by atoms with E-state index < -0.39 is 11.8 Å². The van der Waals surface area contributed by atoms with Gasteiger partial charge in [-0.25, -0.2) is 9.18 Å². The number of carbonyl (C=O) groups is 1. The van der Waals surface area contributed by atoms with E-state index in [2.05, 4.69) is 5.32 Å². The molecule has 0 saturated carbocycles.